The number of nitrogens with zero attached hydrogens (tertiary/aromatic N) is 1. The molecule has 0 spiro atoms. The van der Waals surface area contributed by atoms with E-state index in [0.717, 1.165) is 18.2 Å². The average Bonchev–Trinajstić information content (AvgIpc) is 2.31. The zero-order valence-corrected chi connectivity index (χ0v) is 10.9. The normalized spacial score (nSPS) is 11.5. The quantitative estimate of drug-likeness (QED) is 0.604. The van der Waals surface area contributed by atoms with Crippen LogP contribution in [0.5, 0.6) is 0 Å². The molecule has 112 valence electrons. The highest BCUT2D eigenvalue weighted by atomic mass is 35.5. The van der Waals surface area contributed by atoms with E-state index >= 15 is 0 Å². The van der Waals surface area contributed by atoms with Gasteiger partial charge in [-0.15, -0.1) is 11.6 Å². The van der Waals surface area contributed by atoms with Crippen LogP contribution in [0.3, 0.4) is 0 Å². The van der Waals surface area contributed by atoms with E-state index in [4.69, 9.17) is 11.6 Å². The van der Waals surface area contributed by atoms with Gasteiger partial charge in [0, 0.05) is 12.4 Å². The van der Waals surface area contributed by atoms with Crippen LogP contribution in [-0.4, -0.2) is 36.0 Å². The molecule has 0 N–H and O–H groups in total. The summed E-state index contributed by atoms with van der Waals surface area (Å²) >= 11 is 5.35. The van der Waals surface area contributed by atoms with Gasteiger partial charge in [-0.2, -0.15) is 13.2 Å². The Labute approximate surface area is 117 Å². The molecule has 0 unspecified atom stereocenters. The highest BCUT2D eigenvalue weighted by Crippen LogP contribution is 2.18. The highest BCUT2D eigenvalue weighted by Gasteiger charge is 2.32. The number of hydrogen-bond donors (Lipinski definition) is 0. The first-order chi connectivity index (χ1) is 9.23. The predicted octanol–water partition coefficient (Wildman–Crippen LogP) is 3.14. The molecule has 0 aliphatic carbocycles. The largest absolute Gasteiger partial charge is 0.406 e. The van der Waals surface area contributed by atoms with Crippen molar-refractivity contribution in [3.63, 3.8) is 0 Å². The van der Waals surface area contributed by atoms with Crippen LogP contribution in [0.1, 0.15) is 5.56 Å². The van der Waals surface area contributed by atoms with Crippen LogP contribution in [0, 0.1) is 11.6 Å². The van der Waals surface area contributed by atoms with E-state index in [1.54, 1.807) is 0 Å². The lowest BCUT2D eigenvalue weighted by Crippen LogP contribution is -2.41. The van der Waals surface area contributed by atoms with Gasteiger partial charge in [0.1, 0.15) is 6.54 Å². The van der Waals surface area contributed by atoms with Crippen LogP contribution in [0.25, 0.3) is 0 Å². The Bertz CT molecular complexity index is 477. The second-order valence-electron chi connectivity index (χ2n) is 4.04. The van der Waals surface area contributed by atoms with E-state index in [9.17, 15) is 26.7 Å². The molecule has 2 nitrogen and oxygen atoms in total. The molecule has 0 saturated carbocycles. The van der Waals surface area contributed by atoms with E-state index in [-0.39, 0.29) is 18.0 Å². The third-order valence-corrected chi connectivity index (χ3v) is 2.59. The molecular formula is C12H11ClF5NO. The van der Waals surface area contributed by atoms with Crippen LogP contribution >= 0.6 is 11.6 Å². The summed E-state index contributed by atoms with van der Waals surface area (Å²) < 4.78 is 62.5. The maximum atomic E-state index is 12.9. The van der Waals surface area contributed by atoms with Crippen molar-refractivity contribution in [2.75, 3.05) is 19.0 Å². The van der Waals surface area contributed by atoms with Gasteiger partial charge >= 0.3 is 6.18 Å². The molecule has 0 aliphatic heterocycles. The Morgan fingerprint density at radius 3 is 2.35 bits per heavy atom. The molecule has 0 bridgehead atoms. The lowest BCUT2D eigenvalue weighted by atomic mass is 10.1. The zero-order chi connectivity index (χ0) is 15.3. The van der Waals surface area contributed by atoms with E-state index < -0.39 is 36.7 Å². The topological polar surface area (TPSA) is 20.3 Å². The molecule has 8 heteroatoms. The first-order valence-electron chi connectivity index (χ1n) is 5.57. The van der Waals surface area contributed by atoms with Crippen molar-refractivity contribution in [2.45, 2.75) is 12.6 Å². The Hall–Kier alpha value is -1.37. The summed E-state index contributed by atoms with van der Waals surface area (Å²) in [4.78, 5) is 12.3. The Morgan fingerprint density at radius 2 is 1.85 bits per heavy atom. The molecule has 0 fully saturated rings. The van der Waals surface area contributed by atoms with Crippen molar-refractivity contribution in [3.05, 3.63) is 35.4 Å². The molecule has 0 radical (unpaired) electrons. The minimum atomic E-state index is -4.55. The first kappa shape index (κ1) is 16.7. The molecular weight excluding hydrogens is 305 g/mol. The minimum Gasteiger partial charge on any atom is -0.332 e. The zero-order valence-electron chi connectivity index (χ0n) is 10.2. The second-order valence-corrected chi connectivity index (χ2v) is 4.42. The maximum Gasteiger partial charge on any atom is 0.406 e. The molecule has 1 aromatic rings. The van der Waals surface area contributed by atoms with Crippen molar-refractivity contribution in [2.24, 2.45) is 0 Å². The number of alkyl halides is 4. The van der Waals surface area contributed by atoms with Gasteiger partial charge in [-0.25, -0.2) is 8.78 Å². The molecule has 20 heavy (non-hydrogen) atoms. The van der Waals surface area contributed by atoms with E-state index in [1.165, 1.54) is 0 Å². The lowest BCUT2D eigenvalue weighted by molar-refractivity contribution is -0.160. The van der Waals surface area contributed by atoms with E-state index in [0.29, 0.717) is 4.90 Å². The van der Waals surface area contributed by atoms with Crippen molar-refractivity contribution in [1.82, 2.24) is 4.90 Å². The second kappa shape index (κ2) is 6.88. The molecule has 0 atom stereocenters. The van der Waals surface area contributed by atoms with Gasteiger partial charge in [-0.3, -0.25) is 4.79 Å². The predicted molar refractivity (Wildman–Crippen MR) is 63.4 cm³/mol. The number of amides is 1. The molecule has 0 aliphatic rings. The Balaban J connectivity index is 2.77. The summed E-state index contributed by atoms with van der Waals surface area (Å²) in [6.07, 6.45) is -5.00. The summed E-state index contributed by atoms with van der Waals surface area (Å²) in [7, 11) is 0. The van der Waals surface area contributed by atoms with Crippen molar-refractivity contribution < 1.29 is 26.7 Å². The van der Waals surface area contributed by atoms with Crippen molar-refractivity contribution in [3.8, 4) is 0 Å². The van der Waals surface area contributed by atoms with Gasteiger partial charge < -0.3 is 4.90 Å². The van der Waals surface area contributed by atoms with E-state index in [1.807, 2.05) is 0 Å². The molecule has 0 saturated heterocycles. The molecule has 1 aromatic carbocycles. The van der Waals surface area contributed by atoms with Crippen LogP contribution in [0.2, 0.25) is 0 Å². The summed E-state index contributed by atoms with van der Waals surface area (Å²) in [5.41, 5.74) is 0.0932. The maximum absolute atomic E-state index is 12.9. The summed E-state index contributed by atoms with van der Waals surface area (Å²) in [6.45, 7) is -1.70. The molecule has 1 amide bonds. The van der Waals surface area contributed by atoms with Crippen LogP contribution in [0.4, 0.5) is 22.0 Å². The number of halogens is 6. The van der Waals surface area contributed by atoms with Crippen molar-refractivity contribution >= 4 is 17.5 Å². The van der Waals surface area contributed by atoms with Crippen LogP contribution in [-0.2, 0) is 11.2 Å². The summed E-state index contributed by atoms with van der Waals surface area (Å²) in [6, 6.07) is 2.73. The fraction of sp³-hybridized carbons (Fsp3) is 0.417. The summed E-state index contributed by atoms with van der Waals surface area (Å²) in [5, 5.41) is 0. The Kier molecular flexibility index (Phi) is 5.74. The van der Waals surface area contributed by atoms with Gasteiger partial charge in [0.25, 0.3) is 0 Å². The number of rotatable bonds is 5. The highest BCUT2D eigenvalue weighted by molar-refractivity contribution is 6.18. The number of hydrogen-bond acceptors (Lipinski definition) is 1. The molecule has 0 aromatic heterocycles. The Morgan fingerprint density at radius 1 is 1.20 bits per heavy atom. The molecule has 0 heterocycles. The summed E-state index contributed by atoms with van der Waals surface area (Å²) in [5.74, 6) is -3.25. The third-order valence-electron chi connectivity index (χ3n) is 2.42. The lowest BCUT2D eigenvalue weighted by Gasteiger charge is -2.23. The van der Waals surface area contributed by atoms with Gasteiger partial charge in [-0.1, -0.05) is 6.07 Å². The van der Waals surface area contributed by atoms with Crippen molar-refractivity contribution in [1.29, 1.82) is 0 Å². The number of carbonyl (C=O) groups excluding carboxylic acids is 1. The smallest absolute Gasteiger partial charge is 0.332 e. The van der Waals surface area contributed by atoms with E-state index in [2.05, 4.69) is 0 Å². The first-order valence-corrected chi connectivity index (χ1v) is 6.11. The number of benzene rings is 1. The van der Waals surface area contributed by atoms with Crippen LogP contribution in [0.15, 0.2) is 18.2 Å². The third kappa shape index (κ3) is 5.32. The van der Waals surface area contributed by atoms with Gasteiger partial charge in [0.2, 0.25) is 5.91 Å². The fourth-order valence-electron chi connectivity index (χ4n) is 1.55. The van der Waals surface area contributed by atoms with Gasteiger partial charge in [0.05, 0.1) is 6.42 Å². The van der Waals surface area contributed by atoms with Crippen LogP contribution < -0.4 is 0 Å². The SMILES string of the molecule is O=C(Cc1ccc(F)c(F)c1)N(CCCl)CC(F)(F)F. The fourth-order valence-corrected chi connectivity index (χ4v) is 1.75. The minimum absolute atomic E-state index is 0.0932. The van der Waals surface area contributed by atoms with Gasteiger partial charge in [0.15, 0.2) is 11.6 Å². The average molecular weight is 316 g/mol. The molecule has 1 rings (SSSR count). The monoisotopic (exact) mass is 315 g/mol. The standard InChI is InChI=1S/C12H11ClF5NO/c13-3-4-19(7-12(16,17)18)11(20)6-8-1-2-9(14)10(15)5-8/h1-2,5H,3-4,6-7H2. The van der Waals surface area contributed by atoms with Gasteiger partial charge in [-0.05, 0) is 17.7 Å². The number of carbonyl (C=O) groups is 1.